The highest BCUT2D eigenvalue weighted by atomic mass is 32.1. The Labute approximate surface area is 164 Å². The molecule has 2 amide bonds. The van der Waals surface area contributed by atoms with Gasteiger partial charge >= 0.3 is 5.69 Å². The van der Waals surface area contributed by atoms with E-state index in [1.165, 1.54) is 17.7 Å². The van der Waals surface area contributed by atoms with Crippen molar-refractivity contribution in [1.29, 1.82) is 0 Å². The second kappa shape index (κ2) is 8.61. The molecule has 1 atom stereocenters. The second-order valence-corrected chi connectivity index (χ2v) is 7.15. The maximum absolute atomic E-state index is 12.4. The largest absolute Gasteiger partial charge is 0.368 e. The molecule has 1 unspecified atom stereocenters. The fraction of sp³-hybridized carbons (Fsp3) is 0.375. The Kier molecular flexibility index (Phi) is 5.99. The summed E-state index contributed by atoms with van der Waals surface area (Å²) in [5.74, 6) is -0.916. The average Bonchev–Trinajstić information content (AvgIpc) is 3.35. The van der Waals surface area contributed by atoms with Gasteiger partial charge in [-0.2, -0.15) is 0 Å². The third-order valence-corrected chi connectivity index (χ3v) is 5.14. The highest BCUT2D eigenvalue weighted by molar-refractivity contribution is 7.09. The predicted octanol–water partition coefficient (Wildman–Crippen LogP) is 0.629. The number of nitrogens with zero attached hydrogens (tertiary/aromatic N) is 4. The Morgan fingerprint density at radius 1 is 1.43 bits per heavy atom. The molecular formula is C16H19N7O4S. The molecule has 1 fully saturated rings. The standard InChI is InChI=1S/C16H19N7O4S/c17-12(24)8-19-16(25)11-4-1-5-22(11)15-13(23(26)27)14(20-9-21-15)18-7-10-3-2-6-28-10/h2-3,6,9,11H,1,4-5,7-8H2,(H2,17,24)(H,19,25)(H,18,20,21). The van der Waals surface area contributed by atoms with E-state index in [1.54, 1.807) is 4.90 Å². The van der Waals surface area contributed by atoms with Crippen LogP contribution in [-0.2, 0) is 16.1 Å². The molecule has 0 spiro atoms. The molecule has 3 rings (SSSR count). The molecule has 4 N–H and O–H groups in total. The smallest absolute Gasteiger partial charge is 0.353 e. The van der Waals surface area contributed by atoms with Crippen molar-refractivity contribution < 1.29 is 14.5 Å². The van der Waals surface area contributed by atoms with Gasteiger partial charge in [0.2, 0.25) is 23.5 Å². The molecule has 3 heterocycles. The Morgan fingerprint density at radius 2 is 2.25 bits per heavy atom. The number of nitrogens with two attached hydrogens (primary N) is 1. The molecule has 2 aromatic heterocycles. The lowest BCUT2D eigenvalue weighted by Crippen LogP contribution is -2.46. The minimum absolute atomic E-state index is 0.0744. The number of carbonyl (C=O) groups is 2. The van der Waals surface area contributed by atoms with Gasteiger partial charge in [-0.25, -0.2) is 9.97 Å². The van der Waals surface area contributed by atoms with Gasteiger partial charge in [-0.05, 0) is 24.3 Å². The number of thiophene rings is 1. The molecule has 28 heavy (non-hydrogen) atoms. The van der Waals surface area contributed by atoms with Crippen LogP contribution in [0.4, 0.5) is 17.3 Å². The molecule has 1 saturated heterocycles. The van der Waals surface area contributed by atoms with E-state index >= 15 is 0 Å². The van der Waals surface area contributed by atoms with Crippen molar-refractivity contribution in [2.75, 3.05) is 23.3 Å². The third-order valence-electron chi connectivity index (χ3n) is 4.26. The van der Waals surface area contributed by atoms with Gasteiger partial charge in [-0.3, -0.25) is 19.7 Å². The van der Waals surface area contributed by atoms with Gasteiger partial charge in [0.1, 0.15) is 12.4 Å². The van der Waals surface area contributed by atoms with Crippen LogP contribution in [0.1, 0.15) is 17.7 Å². The van der Waals surface area contributed by atoms with Crippen LogP contribution in [0.25, 0.3) is 0 Å². The van der Waals surface area contributed by atoms with Gasteiger partial charge in [0.15, 0.2) is 0 Å². The summed E-state index contributed by atoms with van der Waals surface area (Å²) in [6.45, 7) is 0.525. The Balaban J connectivity index is 1.85. The zero-order valence-electron chi connectivity index (χ0n) is 14.8. The monoisotopic (exact) mass is 405 g/mol. The highest BCUT2D eigenvalue weighted by Crippen LogP contribution is 2.36. The van der Waals surface area contributed by atoms with E-state index in [4.69, 9.17) is 5.73 Å². The molecule has 148 valence electrons. The second-order valence-electron chi connectivity index (χ2n) is 6.12. The summed E-state index contributed by atoms with van der Waals surface area (Å²) < 4.78 is 0. The molecule has 1 aliphatic heterocycles. The Hall–Kier alpha value is -3.28. The summed E-state index contributed by atoms with van der Waals surface area (Å²) in [4.78, 5) is 45.2. The number of primary amides is 1. The van der Waals surface area contributed by atoms with Gasteiger partial charge in [0.05, 0.1) is 18.0 Å². The average molecular weight is 405 g/mol. The van der Waals surface area contributed by atoms with Crippen molar-refractivity contribution in [3.63, 3.8) is 0 Å². The van der Waals surface area contributed by atoms with Crippen molar-refractivity contribution in [3.05, 3.63) is 38.8 Å². The lowest BCUT2D eigenvalue weighted by Gasteiger charge is -2.24. The van der Waals surface area contributed by atoms with Crippen LogP contribution in [0, 0.1) is 10.1 Å². The zero-order valence-corrected chi connectivity index (χ0v) is 15.6. The summed E-state index contributed by atoms with van der Waals surface area (Å²) in [6.07, 6.45) is 2.38. The van der Waals surface area contributed by atoms with Gasteiger partial charge < -0.3 is 21.3 Å². The van der Waals surface area contributed by atoms with Gasteiger partial charge in [-0.1, -0.05) is 6.07 Å². The summed E-state index contributed by atoms with van der Waals surface area (Å²) >= 11 is 1.52. The predicted molar refractivity (Wildman–Crippen MR) is 103 cm³/mol. The van der Waals surface area contributed by atoms with Crippen molar-refractivity contribution in [2.24, 2.45) is 5.73 Å². The summed E-state index contributed by atoms with van der Waals surface area (Å²) in [5.41, 5.74) is 4.77. The quantitative estimate of drug-likeness (QED) is 0.426. The normalized spacial score (nSPS) is 16.0. The third kappa shape index (κ3) is 4.34. The fourth-order valence-electron chi connectivity index (χ4n) is 3.05. The van der Waals surface area contributed by atoms with E-state index in [2.05, 4.69) is 20.6 Å². The van der Waals surface area contributed by atoms with Crippen LogP contribution in [0.2, 0.25) is 0 Å². The van der Waals surface area contributed by atoms with Gasteiger partial charge in [0, 0.05) is 11.4 Å². The number of nitro groups is 1. The number of anilines is 2. The fourth-order valence-corrected chi connectivity index (χ4v) is 3.69. The first-order chi connectivity index (χ1) is 13.5. The molecule has 0 radical (unpaired) electrons. The Bertz CT molecular complexity index is 874. The minimum Gasteiger partial charge on any atom is -0.368 e. The SMILES string of the molecule is NC(=O)CNC(=O)C1CCCN1c1ncnc(NCc2cccs2)c1[N+](=O)[O-]. The number of rotatable bonds is 8. The number of hydrogen-bond acceptors (Lipinski definition) is 9. The molecule has 0 bridgehead atoms. The van der Waals surface area contributed by atoms with E-state index in [9.17, 15) is 19.7 Å². The molecule has 1 aliphatic rings. The molecule has 2 aromatic rings. The zero-order chi connectivity index (χ0) is 20.1. The topological polar surface area (TPSA) is 156 Å². The summed E-state index contributed by atoms with van der Waals surface area (Å²) in [6, 6.07) is 3.13. The van der Waals surface area contributed by atoms with Crippen molar-refractivity contribution in [2.45, 2.75) is 25.4 Å². The first kappa shape index (κ1) is 19.5. The summed E-state index contributed by atoms with van der Waals surface area (Å²) in [7, 11) is 0. The maximum Gasteiger partial charge on any atom is 0.353 e. The minimum atomic E-state index is -0.668. The van der Waals surface area contributed by atoms with Crippen LogP contribution in [-0.4, -0.2) is 45.8 Å². The van der Waals surface area contributed by atoms with E-state index in [-0.39, 0.29) is 23.9 Å². The van der Waals surface area contributed by atoms with E-state index < -0.39 is 22.8 Å². The summed E-state index contributed by atoms with van der Waals surface area (Å²) in [5, 5.41) is 19.1. The van der Waals surface area contributed by atoms with Gasteiger partial charge in [0.25, 0.3) is 0 Å². The van der Waals surface area contributed by atoms with Crippen LogP contribution in [0.5, 0.6) is 0 Å². The lowest BCUT2D eigenvalue weighted by molar-refractivity contribution is -0.383. The molecule has 11 nitrogen and oxygen atoms in total. The van der Waals surface area contributed by atoms with Crippen LogP contribution in [0.15, 0.2) is 23.8 Å². The number of amides is 2. The van der Waals surface area contributed by atoms with E-state index in [0.717, 1.165) is 4.88 Å². The number of hydrogen-bond donors (Lipinski definition) is 3. The Morgan fingerprint density at radius 3 is 2.93 bits per heavy atom. The van der Waals surface area contributed by atoms with Crippen LogP contribution >= 0.6 is 11.3 Å². The first-order valence-corrected chi connectivity index (χ1v) is 9.43. The van der Waals surface area contributed by atoms with E-state index in [1.807, 2.05) is 17.5 Å². The molecule has 0 aliphatic carbocycles. The maximum atomic E-state index is 12.4. The molecule has 0 aromatic carbocycles. The van der Waals surface area contributed by atoms with Gasteiger partial charge in [-0.15, -0.1) is 11.3 Å². The molecular weight excluding hydrogens is 386 g/mol. The number of carbonyl (C=O) groups excluding carboxylic acids is 2. The van der Waals surface area contributed by atoms with Crippen LogP contribution in [0.3, 0.4) is 0 Å². The number of nitrogens with one attached hydrogen (secondary N) is 2. The van der Waals surface area contributed by atoms with Crippen molar-refractivity contribution in [1.82, 2.24) is 15.3 Å². The number of aromatic nitrogens is 2. The van der Waals surface area contributed by atoms with Crippen molar-refractivity contribution >= 4 is 40.5 Å². The lowest BCUT2D eigenvalue weighted by atomic mass is 10.2. The molecule has 12 heteroatoms. The van der Waals surface area contributed by atoms with Crippen molar-refractivity contribution in [3.8, 4) is 0 Å². The van der Waals surface area contributed by atoms with E-state index in [0.29, 0.717) is 25.9 Å². The first-order valence-electron chi connectivity index (χ1n) is 8.55. The highest BCUT2D eigenvalue weighted by Gasteiger charge is 2.37. The van der Waals surface area contributed by atoms with Crippen LogP contribution < -0.4 is 21.3 Å². The molecule has 0 saturated carbocycles.